The molecule has 2 heterocycles. The van der Waals surface area contributed by atoms with Gasteiger partial charge in [-0.1, -0.05) is 6.07 Å². The summed E-state index contributed by atoms with van der Waals surface area (Å²) >= 11 is 0. The highest BCUT2D eigenvalue weighted by Crippen LogP contribution is 2.33. The van der Waals surface area contributed by atoms with Crippen LogP contribution < -0.4 is 29.2 Å². The fourth-order valence-corrected chi connectivity index (χ4v) is 4.13. The number of carbonyl (C=O) groups is 1. The molecule has 154 valence electrons. The minimum absolute atomic E-state index is 0.0337. The number of amides is 1. The van der Waals surface area contributed by atoms with Crippen LogP contribution in [0, 0.1) is 0 Å². The van der Waals surface area contributed by atoms with E-state index in [-0.39, 0.29) is 18.7 Å². The average Bonchev–Trinajstić information content (AvgIpc) is 3.40. The standard InChI is InChI=1S/C22H26N2O5/c1-26-16-6-8-19(27-2)17(11-16)18-4-3-9-24(18)13-22(25)23-12-15-5-7-20-21(10-15)29-14-28-20/h5-8,10-11,18H,3-4,9,12-14H2,1-2H3,(H,23,25)/p+1/t18-/m0/s1. The first-order valence-electron chi connectivity index (χ1n) is 9.89. The van der Waals surface area contributed by atoms with Gasteiger partial charge in [-0.15, -0.1) is 0 Å². The third kappa shape index (κ3) is 4.24. The van der Waals surface area contributed by atoms with Gasteiger partial charge >= 0.3 is 0 Å². The Hall–Kier alpha value is -2.93. The zero-order chi connectivity index (χ0) is 20.2. The molecule has 2 aliphatic heterocycles. The largest absolute Gasteiger partial charge is 0.497 e. The van der Waals surface area contributed by atoms with Crippen molar-refractivity contribution in [1.29, 1.82) is 0 Å². The summed E-state index contributed by atoms with van der Waals surface area (Å²) in [4.78, 5) is 13.9. The van der Waals surface area contributed by atoms with E-state index in [1.807, 2.05) is 36.4 Å². The summed E-state index contributed by atoms with van der Waals surface area (Å²) in [6, 6.07) is 11.8. The first-order valence-corrected chi connectivity index (χ1v) is 9.89. The number of quaternary nitrogens is 1. The molecule has 2 atom stereocenters. The SMILES string of the molecule is COc1ccc(OC)c([C@@H]2CCC[NH+]2CC(=O)NCc2ccc3c(c2)OCO3)c1. The van der Waals surface area contributed by atoms with Crippen LogP contribution in [-0.2, 0) is 11.3 Å². The van der Waals surface area contributed by atoms with E-state index in [4.69, 9.17) is 18.9 Å². The highest BCUT2D eigenvalue weighted by Gasteiger charge is 2.34. The van der Waals surface area contributed by atoms with Crippen molar-refractivity contribution in [3.05, 3.63) is 47.5 Å². The van der Waals surface area contributed by atoms with Gasteiger partial charge in [-0.25, -0.2) is 0 Å². The molecule has 7 nitrogen and oxygen atoms in total. The summed E-state index contributed by atoms with van der Waals surface area (Å²) in [5.41, 5.74) is 2.09. The van der Waals surface area contributed by atoms with Crippen LogP contribution in [0.1, 0.15) is 30.0 Å². The lowest BCUT2D eigenvalue weighted by Crippen LogP contribution is -3.11. The van der Waals surface area contributed by atoms with Crippen LogP contribution >= 0.6 is 0 Å². The van der Waals surface area contributed by atoms with Gasteiger partial charge in [0.2, 0.25) is 6.79 Å². The topological polar surface area (TPSA) is 70.5 Å². The molecule has 1 fully saturated rings. The van der Waals surface area contributed by atoms with E-state index in [0.717, 1.165) is 53.5 Å². The molecule has 29 heavy (non-hydrogen) atoms. The van der Waals surface area contributed by atoms with Crippen LogP contribution in [0.25, 0.3) is 0 Å². The maximum Gasteiger partial charge on any atom is 0.275 e. The van der Waals surface area contributed by atoms with E-state index in [1.54, 1.807) is 14.2 Å². The van der Waals surface area contributed by atoms with Crippen molar-refractivity contribution in [2.75, 3.05) is 34.1 Å². The third-order valence-electron chi connectivity index (χ3n) is 5.61. The van der Waals surface area contributed by atoms with Crippen LogP contribution in [-0.4, -0.2) is 40.0 Å². The van der Waals surface area contributed by atoms with Crippen molar-refractivity contribution in [1.82, 2.24) is 5.32 Å². The van der Waals surface area contributed by atoms with Gasteiger partial charge < -0.3 is 29.2 Å². The predicted octanol–water partition coefficient (Wildman–Crippen LogP) is 1.47. The first kappa shape index (κ1) is 19.4. The van der Waals surface area contributed by atoms with Crippen molar-refractivity contribution in [2.45, 2.75) is 25.4 Å². The van der Waals surface area contributed by atoms with E-state index < -0.39 is 0 Å². The Kier molecular flexibility index (Phi) is 5.76. The lowest BCUT2D eigenvalue weighted by molar-refractivity contribution is -0.910. The lowest BCUT2D eigenvalue weighted by Gasteiger charge is -2.23. The number of likely N-dealkylation sites (tertiary alicyclic amines) is 1. The van der Waals surface area contributed by atoms with Crippen LogP contribution in [0.3, 0.4) is 0 Å². The van der Waals surface area contributed by atoms with Gasteiger partial charge in [0.1, 0.15) is 17.5 Å². The van der Waals surface area contributed by atoms with Crippen molar-refractivity contribution >= 4 is 5.91 Å². The molecule has 4 rings (SSSR count). The van der Waals surface area contributed by atoms with E-state index in [0.29, 0.717) is 13.1 Å². The summed E-state index contributed by atoms with van der Waals surface area (Å²) in [7, 11) is 3.34. The van der Waals surface area contributed by atoms with Gasteiger partial charge in [-0.2, -0.15) is 0 Å². The second-order valence-corrected chi connectivity index (χ2v) is 7.35. The second kappa shape index (κ2) is 8.61. The summed E-state index contributed by atoms with van der Waals surface area (Å²) in [5, 5.41) is 3.03. The maximum absolute atomic E-state index is 12.6. The van der Waals surface area contributed by atoms with Gasteiger partial charge in [0.25, 0.3) is 5.91 Å². The molecule has 0 bridgehead atoms. The number of rotatable bonds is 7. The molecule has 0 spiro atoms. The molecule has 1 amide bonds. The minimum Gasteiger partial charge on any atom is -0.497 e. The zero-order valence-electron chi connectivity index (χ0n) is 16.8. The molecule has 2 aromatic carbocycles. The molecule has 0 saturated carbocycles. The van der Waals surface area contributed by atoms with Crippen LogP contribution in [0.2, 0.25) is 0 Å². The van der Waals surface area contributed by atoms with Crippen molar-refractivity contribution < 1.29 is 28.6 Å². The minimum atomic E-state index is 0.0337. The van der Waals surface area contributed by atoms with Gasteiger partial charge in [0.15, 0.2) is 18.0 Å². The van der Waals surface area contributed by atoms with E-state index >= 15 is 0 Å². The Morgan fingerprint density at radius 3 is 2.83 bits per heavy atom. The van der Waals surface area contributed by atoms with Gasteiger partial charge in [-0.3, -0.25) is 4.79 Å². The number of ether oxygens (including phenoxy) is 4. The Bertz CT molecular complexity index is 886. The number of benzene rings is 2. The Balaban J connectivity index is 1.39. The van der Waals surface area contributed by atoms with Crippen LogP contribution in [0.15, 0.2) is 36.4 Å². The molecule has 2 N–H and O–H groups in total. The molecule has 0 aromatic heterocycles. The highest BCUT2D eigenvalue weighted by molar-refractivity contribution is 5.76. The van der Waals surface area contributed by atoms with Crippen molar-refractivity contribution in [3.8, 4) is 23.0 Å². The molecule has 0 radical (unpaired) electrons. The summed E-state index contributed by atoms with van der Waals surface area (Å²) in [6.07, 6.45) is 2.10. The zero-order valence-corrected chi connectivity index (χ0v) is 16.8. The summed E-state index contributed by atoms with van der Waals surface area (Å²) in [6.45, 7) is 2.10. The molecule has 7 heteroatoms. The summed E-state index contributed by atoms with van der Waals surface area (Å²) in [5.74, 6) is 3.16. The Labute approximate surface area is 170 Å². The monoisotopic (exact) mass is 399 g/mol. The van der Waals surface area contributed by atoms with Gasteiger partial charge in [-0.05, 0) is 35.9 Å². The number of nitrogens with one attached hydrogen (secondary N) is 2. The molecule has 1 saturated heterocycles. The second-order valence-electron chi connectivity index (χ2n) is 7.35. The van der Waals surface area contributed by atoms with E-state index in [1.165, 1.54) is 4.90 Å². The summed E-state index contributed by atoms with van der Waals surface area (Å²) < 4.78 is 21.7. The number of hydrogen-bond acceptors (Lipinski definition) is 5. The lowest BCUT2D eigenvalue weighted by atomic mass is 10.0. The van der Waals surface area contributed by atoms with Crippen molar-refractivity contribution in [2.24, 2.45) is 0 Å². The van der Waals surface area contributed by atoms with Gasteiger partial charge in [0.05, 0.1) is 26.3 Å². The molecule has 2 aliphatic rings. The Morgan fingerprint density at radius 2 is 2.00 bits per heavy atom. The smallest absolute Gasteiger partial charge is 0.275 e. The fourth-order valence-electron chi connectivity index (χ4n) is 4.13. The maximum atomic E-state index is 12.6. The van der Waals surface area contributed by atoms with Crippen LogP contribution in [0.4, 0.5) is 0 Å². The molecular weight excluding hydrogens is 372 g/mol. The number of hydrogen-bond donors (Lipinski definition) is 2. The van der Waals surface area contributed by atoms with E-state index in [2.05, 4.69) is 5.32 Å². The molecular formula is C22H27N2O5+. The normalized spacial score (nSPS) is 19.8. The Morgan fingerprint density at radius 1 is 1.14 bits per heavy atom. The number of carbonyl (C=O) groups excluding carboxylic acids is 1. The highest BCUT2D eigenvalue weighted by atomic mass is 16.7. The molecule has 1 unspecified atom stereocenters. The van der Waals surface area contributed by atoms with Gasteiger partial charge in [0, 0.05) is 19.4 Å². The average molecular weight is 399 g/mol. The predicted molar refractivity (Wildman–Crippen MR) is 107 cm³/mol. The quantitative estimate of drug-likeness (QED) is 0.738. The van der Waals surface area contributed by atoms with Crippen molar-refractivity contribution in [3.63, 3.8) is 0 Å². The third-order valence-corrected chi connectivity index (χ3v) is 5.61. The molecule has 0 aliphatic carbocycles. The number of methoxy groups -OCH3 is 2. The fraction of sp³-hybridized carbons (Fsp3) is 0.409. The number of fused-ring (bicyclic) bond motifs is 1. The van der Waals surface area contributed by atoms with Crippen LogP contribution in [0.5, 0.6) is 23.0 Å². The van der Waals surface area contributed by atoms with E-state index in [9.17, 15) is 4.79 Å². The molecule has 2 aromatic rings. The first-order chi connectivity index (χ1) is 14.2.